The molecule has 1 N–H and O–H groups in total. The van der Waals surface area contributed by atoms with Crippen LogP contribution in [0, 0.1) is 5.92 Å². The van der Waals surface area contributed by atoms with E-state index in [1.165, 1.54) is 18.6 Å². The molecule has 0 heterocycles. The van der Waals surface area contributed by atoms with E-state index in [1.807, 2.05) is 0 Å². The molecule has 0 unspecified atom stereocenters. The summed E-state index contributed by atoms with van der Waals surface area (Å²) in [5.41, 5.74) is 0.158. The highest BCUT2D eigenvalue weighted by Crippen LogP contribution is 2.25. The summed E-state index contributed by atoms with van der Waals surface area (Å²) in [5.74, 6) is -0.0145. The lowest BCUT2D eigenvalue weighted by Gasteiger charge is -2.29. The normalized spacial score (nSPS) is 22.6. The summed E-state index contributed by atoms with van der Waals surface area (Å²) in [6.45, 7) is -0.830. The number of para-hydroxylation sites is 1. The number of halogens is 2. The minimum absolute atomic E-state index is 0.0801. The summed E-state index contributed by atoms with van der Waals surface area (Å²) in [6.07, 6.45) is 4.29. The third kappa shape index (κ3) is 3.68. The number of ether oxygens (including phenoxy) is 1. The minimum Gasteiger partial charge on any atom is -0.434 e. The lowest BCUT2D eigenvalue weighted by atomic mass is 9.86. The number of hydrogen-bond donors (Lipinski definition) is 1. The van der Waals surface area contributed by atoms with E-state index in [2.05, 4.69) is 17.0 Å². The molecule has 0 spiro atoms. The van der Waals surface area contributed by atoms with Crippen molar-refractivity contribution >= 4 is 5.91 Å². The average Bonchev–Trinajstić information content (AvgIpc) is 2.41. The van der Waals surface area contributed by atoms with E-state index in [-0.39, 0.29) is 23.3 Å². The Balaban J connectivity index is 2.08. The Morgan fingerprint density at radius 3 is 2.70 bits per heavy atom. The van der Waals surface area contributed by atoms with Crippen LogP contribution < -0.4 is 10.1 Å². The summed E-state index contributed by atoms with van der Waals surface area (Å²) in [4.78, 5) is 12.2. The third-order valence-corrected chi connectivity index (χ3v) is 3.78. The van der Waals surface area contributed by atoms with Crippen LogP contribution in [0.4, 0.5) is 8.78 Å². The fourth-order valence-corrected chi connectivity index (χ4v) is 2.63. The number of carbonyl (C=O) groups excluding carboxylic acids is 1. The lowest BCUT2D eigenvalue weighted by Crippen LogP contribution is -2.41. The molecule has 0 aliphatic heterocycles. The molecule has 1 aromatic rings. The van der Waals surface area contributed by atoms with Crippen LogP contribution in [0.3, 0.4) is 0 Å². The van der Waals surface area contributed by atoms with Gasteiger partial charge in [-0.2, -0.15) is 8.78 Å². The molecule has 1 aliphatic rings. The number of benzene rings is 1. The molecule has 3 nitrogen and oxygen atoms in total. The second-order valence-corrected chi connectivity index (χ2v) is 5.22. The largest absolute Gasteiger partial charge is 0.434 e. The molecule has 1 fully saturated rings. The topological polar surface area (TPSA) is 38.3 Å². The molecule has 0 saturated heterocycles. The molecular weight excluding hydrogens is 264 g/mol. The Labute approximate surface area is 117 Å². The van der Waals surface area contributed by atoms with Gasteiger partial charge in [-0.1, -0.05) is 31.9 Å². The average molecular weight is 283 g/mol. The number of amides is 1. The van der Waals surface area contributed by atoms with E-state index in [0.29, 0.717) is 5.92 Å². The fourth-order valence-electron chi connectivity index (χ4n) is 2.63. The van der Waals surface area contributed by atoms with Gasteiger partial charge >= 0.3 is 6.61 Å². The standard InChI is InChI=1S/C15H19F2NO2/c1-10-6-2-4-8-12(10)18-14(19)11-7-3-5-9-13(11)20-15(16)17/h3,5,7,9-10,12,15H,2,4,6,8H2,1H3,(H,18,19)/t10-,12+/m1/s1. The van der Waals surface area contributed by atoms with Crippen LogP contribution in [0.5, 0.6) is 5.75 Å². The molecule has 1 aliphatic carbocycles. The zero-order chi connectivity index (χ0) is 14.5. The van der Waals surface area contributed by atoms with Gasteiger partial charge in [-0.05, 0) is 30.9 Å². The summed E-state index contributed by atoms with van der Waals surface area (Å²) in [6, 6.07) is 6.19. The van der Waals surface area contributed by atoms with Crippen LogP contribution in [-0.4, -0.2) is 18.6 Å². The zero-order valence-electron chi connectivity index (χ0n) is 11.4. The first-order valence-corrected chi connectivity index (χ1v) is 6.92. The maximum absolute atomic E-state index is 12.3. The van der Waals surface area contributed by atoms with Crippen molar-refractivity contribution in [3.63, 3.8) is 0 Å². The highest BCUT2D eigenvalue weighted by atomic mass is 19.3. The summed E-state index contributed by atoms with van der Waals surface area (Å²) < 4.78 is 29.0. The Hall–Kier alpha value is -1.65. The van der Waals surface area contributed by atoms with Crippen LogP contribution in [0.2, 0.25) is 0 Å². The van der Waals surface area contributed by atoms with Crippen molar-refractivity contribution < 1.29 is 18.3 Å². The first-order valence-electron chi connectivity index (χ1n) is 6.92. The smallest absolute Gasteiger partial charge is 0.387 e. The van der Waals surface area contributed by atoms with Crippen LogP contribution in [0.25, 0.3) is 0 Å². The zero-order valence-corrected chi connectivity index (χ0v) is 11.4. The number of hydrogen-bond acceptors (Lipinski definition) is 2. The minimum atomic E-state index is -2.93. The van der Waals surface area contributed by atoms with Gasteiger partial charge in [0.1, 0.15) is 5.75 Å². The maximum atomic E-state index is 12.3. The van der Waals surface area contributed by atoms with Gasteiger partial charge in [-0.15, -0.1) is 0 Å². The molecule has 110 valence electrons. The Bertz CT molecular complexity index is 465. The first kappa shape index (κ1) is 14.8. The van der Waals surface area contributed by atoms with Crippen LogP contribution in [0.15, 0.2) is 24.3 Å². The van der Waals surface area contributed by atoms with Crippen molar-refractivity contribution in [3.8, 4) is 5.75 Å². The molecule has 2 rings (SSSR count). The molecule has 2 atom stereocenters. The van der Waals surface area contributed by atoms with E-state index in [0.717, 1.165) is 19.3 Å². The molecule has 0 radical (unpaired) electrons. The summed E-state index contributed by atoms with van der Waals surface area (Å²) in [7, 11) is 0. The molecule has 1 aromatic carbocycles. The molecule has 20 heavy (non-hydrogen) atoms. The van der Waals surface area contributed by atoms with E-state index < -0.39 is 6.61 Å². The van der Waals surface area contributed by atoms with Gasteiger partial charge in [0.25, 0.3) is 5.91 Å². The van der Waals surface area contributed by atoms with Crippen LogP contribution in [0.1, 0.15) is 43.0 Å². The van der Waals surface area contributed by atoms with Crippen molar-refractivity contribution in [2.45, 2.75) is 45.3 Å². The van der Waals surface area contributed by atoms with E-state index in [9.17, 15) is 13.6 Å². The van der Waals surface area contributed by atoms with E-state index in [4.69, 9.17) is 0 Å². The Morgan fingerprint density at radius 2 is 2.00 bits per heavy atom. The van der Waals surface area contributed by atoms with Gasteiger partial charge in [0.05, 0.1) is 5.56 Å². The SMILES string of the molecule is C[C@@H]1CCCC[C@@H]1NC(=O)c1ccccc1OC(F)F. The number of carbonyl (C=O) groups is 1. The highest BCUT2D eigenvalue weighted by molar-refractivity contribution is 5.97. The monoisotopic (exact) mass is 283 g/mol. The van der Waals surface area contributed by atoms with Gasteiger partial charge in [-0.25, -0.2) is 0 Å². The predicted molar refractivity (Wildman–Crippen MR) is 72.0 cm³/mol. The van der Waals surface area contributed by atoms with Crippen LogP contribution >= 0.6 is 0 Å². The molecule has 0 aromatic heterocycles. The number of rotatable bonds is 4. The van der Waals surface area contributed by atoms with Gasteiger partial charge in [0.2, 0.25) is 0 Å². The maximum Gasteiger partial charge on any atom is 0.387 e. The Morgan fingerprint density at radius 1 is 1.30 bits per heavy atom. The van der Waals surface area contributed by atoms with Gasteiger partial charge < -0.3 is 10.1 Å². The fraction of sp³-hybridized carbons (Fsp3) is 0.533. The van der Waals surface area contributed by atoms with Crippen molar-refractivity contribution in [2.24, 2.45) is 5.92 Å². The van der Waals surface area contributed by atoms with E-state index >= 15 is 0 Å². The van der Waals surface area contributed by atoms with Crippen molar-refractivity contribution in [3.05, 3.63) is 29.8 Å². The van der Waals surface area contributed by atoms with Gasteiger partial charge in [-0.3, -0.25) is 4.79 Å². The lowest BCUT2D eigenvalue weighted by molar-refractivity contribution is -0.0501. The first-order chi connectivity index (χ1) is 9.58. The molecule has 1 amide bonds. The highest BCUT2D eigenvalue weighted by Gasteiger charge is 2.24. The Kier molecular flexibility index (Phi) is 4.93. The predicted octanol–water partition coefficient (Wildman–Crippen LogP) is 3.60. The van der Waals surface area contributed by atoms with Crippen molar-refractivity contribution in [1.29, 1.82) is 0 Å². The van der Waals surface area contributed by atoms with Crippen molar-refractivity contribution in [1.82, 2.24) is 5.32 Å². The quantitative estimate of drug-likeness (QED) is 0.917. The van der Waals surface area contributed by atoms with Crippen LogP contribution in [-0.2, 0) is 0 Å². The number of nitrogens with one attached hydrogen (secondary N) is 1. The molecule has 5 heteroatoms. The van der Waals surface area contributed by atoms with Gasteiger partial charge in [0, 0.05) is 6.04 Å². The summed E-state index contributed by atoms with van der Waals surface area (Å²) >= 11 is 0. The molecular formula is C15H19F2NO2. The van der Waals surface area contributed by atoms with Crippen molar-refractivity contribution in [2.75, 3.05) is 0 Å². The van der Waals surface area contributed by atoms with E-state index in [1.54, 1.807) is 12.1 Å². The molecule has 0 bridgehead atoms. The number of alkyl halides is 2. The summed E-state index contributed by atoms with van der Waals surface area (Å²) in [5, 5.41) is 2.93. The second-order valence-electron chi connectivity index (χ2n) is 5.22. The second kappa shape index (κ2) is 6.68. The third-order valence-electron chi connectivity index (χ3n) is 3.78. The molecule has 1 saturated carbocycles. The van der Waals surface area contributed by atoms with Gasteiger partial charge in [0.15, 0.2) is 0 Å².